The van der Waals surface area contributed by atoms with Gasteiger partial charge in [0, 0.05) is 0 Å². The second kappa shape index (κ2) is 5.42. The van der Waals surface area contributed by atoms with E-state index in [1.54, 1.807) is 0 Å². The van der Waals surface area contributed by atoms with E-state index in [1.807, 2.05) is 13.8 Å². The Morgan fingerprint density at radius 2 is 1.18 bits per heavy atom. The normalized spacial score (nSPS) is 11.8. The highest BCUT2D eigenvalue weighted by atomic mass is 19.4. The van der Waals surface area contributed by atoms with Crippen LogP contribution in [0.4, 0.5) is 26.3 Å². The van der Waals surface area contributed by atoms with E-state index in [1.165, 1.54) is 6.92 Å². The first-order valence-electron chi connectivity index (χ1n) is 4.87. The van der Waals surface area contributed by atoms with Crippen LogP contribution < -0.4 is 0 Å². The highest BCUT2D eigenvalue weighted by molar-refractivity contribution is 5.35. The lowest BCUT2D eigenvalue weighted by molar-refractivity contribution is -0.162. The van der Waals surface area contributed by atoms with Crippen LogP contribution in [0.5, 0.6) is 0 Å². The summed E-state index contributed by atoms with van der Waals surface area (Å²) in [5, 5.41) is 0. The first kappa shape index (κ1) is 15.8. The highest BCUT2D eigenvalue weighted by Crippen LogP contribution is 2.40. The number of hydrogen-bond donors (Lipinski definition) is 0. The summed E-state index contributed by atoms with van der Waals surface area (Å²) in [7, 11) is 0. The third-order valence-corrected chi connectivity index (χ3v) is 1.79. The van der Waals surface area contributed by atoms with Gasteiger partial charge in [0.25, 0.3) is 0 Å². The van der Waals surface area contributed by atoms with Crippen molar-refractivity contribution in [1.82, 2.24) is 0 Å². The maximum atomic E-state index is 12.3. The molecule has 1 aromatic carbocycles. The van der Waals surface area contributed by atoms with Gasteiger partial charge < -0.3 is 0 Å². The zero-order chi connectivity index (χ0) is 13.9. The SMILES string of the molecule is CC.Cc1ccc(C(F)(F)F)c(C(F)(F)F)c1. The Bertz CT molecular complexity index is 361. The van der Waals surface area contributed by atoms with E-state index < -0.39 is 23.5 Å². The molecule has 6 heteroatoms. The van der Waals surface area contributed by atoms with Gasteiger partial charge in [-0.25, -0.2) is 0 Å². The van der Waals surface area contributed by atoms with Crippen LogP contribution in [0.15, 0.2) is 18.2 Å². The quantitative estimate of drug-likeness (QED) is 0.570. The molecule has 0 aromatic heterocycles. The van der Waals surface area contributed by atoms with Crippen molar-refractivity contribution in [3.63, 3.8) is 0 Å². The van der Waals surface area contributed by atoms with E-state index >= 15 is 0 Å². The molecule has 0 nitrogen and oxygen atoms in total. The van der Waals surface area contributed by atoms with Gasteiger partial charge in [0.15, 0.2) is 0 Å². The molecule has 0 amide bonds. The second-order valence-corrected chi connectivity index (χ2v) is 3.04. The fraction of sp³-hybridized carbons (Fsp3) is 0.455. The molecule has 0 bridgehead atoms. The molecule has 0 heterocycles. The lowest BCUT2D eigenvalue weighted by Crippen LogP contribution is -2.16. The fourth-order valence-electron chi connectivity index (χ4n) is 1.14. The smallest absolute Gasteiger partial charge is 0.166 e. The molecule has 98 valence electrons. The minimum atomic E-state index is -4.99. The number of aryl methyl sites for hydroxylation is 1. The van der Waals surface area contributed by atoms with Gasteiger partial charge in [-0.1, -0.05) is 25.5 Å². The lowest BCUT2D eigenvalue weighted by atomic mass is 10.0. The zero-order valence-corrected chi connectivity index (χ0v) is 9.50. The maximum Gasteiger partial charge on any atom is 0.417 e. The third-order valence-electron chi connectivity index (χ3n) is 1.79. The molecule has 17 heavy (non-hydrogen) atoms. The van der Waals surface area contributed by atoms with E-state index in [9.17, 15) is 26.3 Å². The van der Waals surface area contributed by atoms with E-state index in [2.05, 4.69) is 0 Å². The summed E-state index contributed by atoms with van der Waals surface area (Å²) in [5.74, 6) is 0. The molecular weight excluding hydrogens is 246 g/mol. The van der Waals surface area contributed by atoms with Gasteiger partial charge in [-0.2, -0.15) is 26.3 Å². The predicted molar refractivity (Wildman–Crippen MR) is 52.5 cm³/mol. The summed E-state index contributed by atoms with van der Waals surface area (Å²) in [6.45, 7) is 5.30. The molecule has 0 aliphatic heterocycles. The maximum absolute atomic E-state index is 12.3. The van der Waals surface area contributed by atoms with E-state index in [4.69, 9.17) is 0 Å². The minimum Gasteiger partial charge on any atom is -0.166 e. The molecule has 0 aliphatic rings. The summed E-state index contributed by atoms with van der Waals surface area (Å²) in [5.41, 5.74) is -3.16. The van der Waals surface area contributed by atoms with Crippen LogP contribution in [0.3, 0.4) is 0 Å². The molecule has 0 unspecified atom stereocenters. The average Bonchev–Trinajstić information content (AvgIpc) is 2.17. The van der Waals surface area contributed by atoms with E-state index in [0.29, 0.717) is 12.1 Å². The molecule has 0 saturated heterocycles. The molecule has 0 saturated carbocycles. The Balaban J connectivity index is 0.00000121. The summed E-state index contributed by atoms with van der Waals surface area (Å²) >= 11 is 0. The predicted octanol–water partition coefficient (Wildman–Crippen LogP) is 5.06. The van der Waals surface area contributed by atoms with Crippen molar-refractivity contribution in [2.45, 2.75) is 33.1 Å². The Kier molecular flexibility index (Phi) is 5.04. The Labute approximate surface area is 95.3 Å². The molecular formula is C11H12F6. The highest BCUT2D eigenvalue weighted by Gasteiger charge is 2.42. The Hall–Kier alpha value is -1.20. The topological polar surface area (TPSA) is 0 Å². The van der Waals surface area contributed by atoms with Crippen LogP contribution in [-0.4, -0.2) is 0 Å². The first-order chi connectivity index (χ1) is 7.62. The van der Waals surface area contributed by atoms with Crippen molar-refractivity contribution in [1.29, 1.82) is 0 Å². The van der Waals surface area contributed by atoms with Gasteiger partial charge in [-0.3, -0.25) is 0 Å². The molecule has 0 fully saturated rings. The molecule has 0 N–H and O–H groups in total. The molecule has 0 atom stereocenters. The van der Waals surface area contributed by atoms with Gasteiger partial charge in [0.1, 0.15) is 0 Å². The van der Waals surface area contributed by atoms with Crippen molar-refractivity contribution in [3.05, 3.63) is 34.9 Å². The third kappa shape index (κ3) is 4.28. The summed E-state index contributed by atoms with van der Waals surface area (Å²) in [6.07, 6.45) is -9.98. The van der Waals surface area contributed by atoms with Gasteiger partial charge in [0.2, 0.25) is 0 Å². The zero-order valence-electron chi connectivity index (χ0n) is 9.50. The second-order valence-electron chi connectivity index (χ2n) is 3.04. The van der Waals surface area contributed by atoms with Crippen LogP contribution in [0.1, 0.15) is 30.5 Å². The van der Waals surface area contributed by atoms with Crippen molar-refractivity contribution in [2.75, 3.05) is 0 Å². The van der Waals surface area contributed by atoms with Crippen molar-refractivity contribution >= 4 is 0 Å². The number of alkyl halides is 6. The fourth-order valence-corrected chi connectivity index (χ4v) is 1.14. The molecule has 1 aromatic rings. The summed E-state index contributed by atoms with van der Waals surface area (Å²) in [4.78, 5) is 0. The number of benzene rings is 1. The Morgan fingerprint density at radius 3 is 1.53 bits per heavy atom. The van der Waals surface area contributed by atoms with Gasteiger partial charge in [-0.15, -0.1) is 0 Å². The largest absolute Gasteiger partial charge is 0.417 e. The van der Waals surface area contributed by atoms with Gasteiger partial charge in [-0.05, 0) is 19.1 Å². The lowest BCUT2D eigenvalue weighted by Gasteiger charge is -2.15. The summed E-state index contributed by atoms with van der Waals surface area (Å²) in [6, 6.07) is 1.93. The van der Waals surface area contributed by atoms with Crippen molar-refractivity contribution < 1.29 is 26.3 Å². The van der Waals surface area contributed by atoms with Crippen LogP contribution in [0.25, 0.3) is 0 Å². The van der Waals surface area contributed by atoms with E-state index in [0.717, 1.165) is 6.07 Å². The Morgan fingerprint density at radius 1 is 0.765 bits per heavy atom. The van der Waals surface area contributed by atoms with Crippen LogP contribution in [0.2, 0.25) is 0 Å². The molecule has 1 rings (SSSR count). The van der Waals surface area contributed by atoms with Crippen molar-refractivity contribution in [2.24, 2.45) is 0 Å². The van der Waals surface area contributed by atoms with Crippen LogP contribution >= 0.6 is 0 Å². The van der Waals surface area contributed by atoms with Crippen molar-refractivity contribution in [3.8, 4) is 0 Å². The standard InChI is InChI=1S/C9H6F6.C2H6/c1-5-2-3-6(8(10,11)12)7(4-5)9(13,14)15;1-2/h2-4H,1H3;1-2H3. The number of halogens is 6. The molecule has 0 aliphatic carbocycles. The minimum absolute atomic E-state index is 0.135. The van der Waals surface area contributed by atoms with Gasteiger partial charge in [0.05, 0.1) is 11.1 Å². The van der Waals surface area contributed by atoms with Gasteiger partial charge >= 0.3 is 12.4 Å². The van der Waals surface area contributed by atoms with Crippen LogP contribution in [-0.2, 0) is 12.4 Å². The monoisotopic (exact) mass is 258 g/mol. The molecule has 0 radical (unpaired) electrons. The first-order valence-corrected chi connectivity index (χ1v) is 4.87. The summed E-state index contributed by atoms with van der Waals surface area (Å²) < 4.78 is 73.4. The van der Waals surface area contributed by atoms with E-state index in [-0.39, 0.29) is 5.56 Å². The molecule has 0 spiro atoms. The average molecular weight is 258 g/mol. The number of hydrogen-bond acceptors (Lipinski definition) is 0. The van der Waals surface area contributed by atoms with Crippen LogP contribution in [0, 0.1) is 6.92 Å². The number of rotatable bonds is 0.